The summed E-state index contributed by atoms with van der Waals surface area (Å²) >= 11 is 3.50. The van der Waals surface area contributed by atoms with Crippen molar-refractivity contribution >= 4 is 21.6 Å². The van der Waals surface area contributed by atoms with Crippen LogP contribution in [0.4, 0.5) is 5.69 Å². The van der Waals surface area contributed by atoms with Crippen LogP contribution in [0.1, 0.15) is 19.4 Å². The van der Waals surface area contributed by atoms with Gasteiger partial charge < -0.3 is 15.3 Å². The van der Waals surface area contributed by atoms with Crippen LogP contribution in [0.5, 0.6) is 0 Å². The maximum Gasteiger partial charge on any atom is 0.0601 e. The van der Waals surface area contributed by atoms with E-state index in [1.165, 1.54) is 11.3 Å². The van der Waals surface area contributed by atoms with E-state index in [-0.39, 0.29) is 18.2 Å². The first-order chi connectivity index (χ1) is 8.44. The Morgan fingerprint density at radius 3 is 2.83 bits per heavy atom. The number of nitrogens with zero attached hydrogens (tertiary/aromatic N) is 1. The van der Waals surface area contributed by atoms with Crippen molar-refractivity contribution in [2.24, 2.45) is 0 Å². The second-order valence-electron chi connectivity index (χ2n) is 5.61. The van der Waals surface area contributed by atoms with Gasteiger partial charge in [-0.1, -0.05) is 15.9 Å². The minimum absolute atomic E-state index is 0.0598. The second-order valence-corrected chi connectivity index (χ2v) is 6.53. The third-order valence-electron chi connectivity index (χ3n) is 3.63. The highest BCUT2D eigenvalue weighted by Gasteiger charge is 2.34. The van der Waals surface area contributed by atoms with E-state index in [0.29, 0.717) is 0 Å². The van der Waals surface area contributed by atoms with Crippen LogP contribution in [-0.2, 0) is 0 Å². The molecule has 1 aromatic rings. The van der Waals surface area contributed by atoms with Gasteiger partial charge in [0.05, 0.1) is 6.61 Å². The highest BCUT2D eigenvalue weighted by atomic mass is 79.9. The number of hydrogen-bond acceptors (Lipinski definition) is 3. The Morgan fingerprint density at radius 2 is 2.22 bits per heavy atom. The quantitative estimate of drug-likeness (QED) is 0.879. The highest BCUT2D eigenvalue weighted by molar-refractivity contribution is 9.10. The van der Waals surface area contributed by atoms with Crippen molar-refractivity contribution in [3.8, 4) is 0 Å². The molecule has 1 fully saturated rings. The minimum atomic E-state index is 0.0598. The Labute approximate surface area is 117 Å². The SMILES string of the molecule is Cc1cc(Br)ccc1N1CC(CO)NCC1(C)C. The topological polar surface area (TPSA) is 35.5 Å². The molecule has 1 unspecified atom stereocenters. The zero-order valence-corrected chi connectivity index (χ0v) is 12.8. The summed E-state index contributed by atoms with van der Waals surface area (Å²) in [5, 5.41) is 12.7. The van der Waals surface area contributed by atoms with Crippen molar-refractivity contribution in [3.05, 3.63) is 28.2 Å². The number of rotatable bonds is 2. The smallest absolute Gasteiger partial charge is 0.0601 e. The molecule has 3 nitrogen and oxygen atoms in total. The van der Waals surface area contributed by atoms with Crippen LogP contribution in [0, 0.1) is 6.92 Å². The van der Waals surface area contributed by atoms with Crippen LogP contribution in [0.2, 0.25) is 0 Å². The Kier molecular flexibility index (Phi) is 3.99. The Balaban J connectivity index is 2.33. The van der Waals surface area contributed by atoms with Gasteiger partial charge in [0.15, 0.2) is 0 Å². The number of aliphatic hydroxyl groups excluding tert-OH is 1. The van der Waals surface area contributed by atoms with Crippen LogP contribution < -0.4 is 10.2 Å². The summed E-state index contributed by atoms with van der Waals surface area (Å²) in [5.41, 5.74) is 2.57. The van der Waals surface area contributed by atoms with Crippen LogP contribution in [0.25, 0.3) is 0 Å². The van der Waals surface area contributed by atoms with Crippen LogP contribution in [-0.4, -0.2) is 36.4 Å². The molecule has 4 heteroatoms. The second kappa shape index (κ2) is 5.19. The summed E-state index contributed by atoms with van der Waals surface area (Å²) in [4.78, 5) is 2.40. The molecule has 2 rings (SSSR count). The molecular formula is C14H21BrN2O. The standard InChI is InChI=1S/C14H21BrN2O/c1-10-6-11(15)4-5-13(10)17-7-12(8-18)16-9-14(17,2)3/h4-6,12,16,18H,7-9H2,1-3H3. The average Bonchev–Trinajstić information content (AvgIpc) is 2.30. The Bertz CT molecular complexity index is 434. The zero-order chi connectivity index (χ0) is 13.3. The lowest BCUT2D eigenvalue weighted by molar-refractivity contribution is 0.210. The largest absolute Gasteiger partial charge is 0.395 e. The molecule has 1 saturated heterocycles. The molecule has 0 bridgehead atoms. The van der Waals surface area contributed by atoms with Crippen LogP contribution in [0.15, 0.2) is 22.7 Å². The van der Waals surface area contributed by atoms with Crippen molar-refractivity contribution in [2.45, 2.75) is 32.4 Å². The van der Waals surface area contributed by atoms with Gasteiger partial charge in [0.25, 0.3) is 0 Å². The fraction of sp³-hybridized carbons (Fsp3) is 0.571. The molecule has 2 N–H and O–H groups in total. The molecule has 1 aromatic carbocycles. The van der Waals surface area contributed by atoms with Gasteiger partial charge in [0, 0.05) is 34.8 Å². The van der Waals surface area contributed by atoms with Gasteiger partial charge in [0.2, 0.25) is 0 Å². The van der Waals surface area contributed by atoms with Gasteiger partial charge in [0.1, 0.15) is 0 Å². The number of aliphatic hydroxyl groups is 1. The average molecular weight is 313 g/mol. The lowest BCUT2D eigenvalue weighted by atomic mass is 9.95. The third kappa shape index (κ3) is 2.71. The van der Waals surface area contributed by atoms with Gasteiger partial charge in [-0.15, -0.1) is 0 Å². The molecule has 0 saturated carbocycles. The summed E-state index contributed by atoms with van der Waals surface area (Å²) in [6.45, 7) is 8.50. The lowest BCUT2D eigenvalue weighted by Gasteiger charge is -2.48. The molecule has 1 aliphatic heterocycles. The van der Waals surface area contributed by atoms with Crippen molar-refractivity contribution < 1.29 is 5.11 Å². The van der Waals surface area contributed by atoms with E-state index >= 15 is 0 Å². The normalized spacial score (nSPS) is 23.2. The van der Waals surface area contributed by atoms with Crippen LogP contribution >= 0.6 is 15.9 Å². The van der Waals surface area contributed by atoms with E-state index in [1.807, 2.05) is 0 Å². The van der Waals surface area contributed by atoms with Gasteiger partial charge in [-0.25, -0.2) is 0 Å². The van der Waals surface area contributed by atoms with Crippen molar-refractivity contribution in [2.75, 3.05) is 24.6 Å². The fourth-order valence-electron chi connectivity index (χ4n) is 2.49. The number of piperazine rings is 1. The molecule has 0 amide bonds. The van der Waals surface area contributed by atoms with Gasteiger partial charge in [-0.3, -0.25) is 0 Å². The number of nitrogens with one attached hydrogen (secondary N) is 1. The molecular weight excluding hydrogens is 292 g/mol. The summed E-state index contributed by atoms with van der Waals surface area (Å²) < 4.78 is 1.11. The Hall–Kier alpha value is -0.580. The molecule has 18 heavy (non-hydrogen) atoms. The Morgan fingerprint density at radius 1 is 1.50 bits per heavy atom. The van der Waals surface area contributed by atoms with Gasteiger partial charge in [-0.05, 0) is 44.5 Å². The molecule has 1 heterocycles. The zero-order valence-electron chi connectivity index (χ0n) is 11.2. The number of anilines is 1. The fourth-order valence-corrected chi connectivity index (χ4v) is 2.97. The summed E-state index contributed by atoms with van der Waals surface area (Å²) in [7, 11) is 0. The minimum Gasteiger partial charge on any atom is -0.395 e. The maximum absolute atomic E-state index is 9.34. The predicted molar refractivity (Wildman–Crippen MR) is 79.2 cm³/mol. The van der Waals surface area contributed by atoms with Gasteiger partial charge in [-0.2, -0.15) is 0 Å². The number of hydrogen-bond donors (Lipinski definition) is 2. The first-order valence-corrected chi connectivity index (χ1v) is 7.11. The molecule has 0 radical (unpaired) electrons. The summed E-state index contributed by atoms with van der Waals surface area (Å²) in [6.07, 6.45) is 0. The first-order valence-electron chi connectivity index (χ1n) is 6.32. The molecule has 1 aliphatic rings. The first kappa shape index (κ1) is 13.8. The maximum atomic E-state index is 9.34. The number of benzene rings is 1. The van der Waals surface area contributed by atoms with Crippen molar-refractivity contribution in [1.29, 1.82) is 0 Å². The third-order valence-corrected chi connectivity index (χ3v) is 4.12. The van der Waals surface area contributed by atoms with E-state index in [9.17, 15) is 5.11 Å². The predicted octanol–water partition coefficient (Wildman–Crippen LogP) is 2.31. The van der Waals surface area contributed by atoms with Crippen LogP contribution in [0.3, 0.4) is 0 Å². The summed E-state index contributed by atoms with van der Waals surface area (Å²) in [6, 6.07) is 6.53. The molecule has 0 aliphatic carbocycles. The van der Waals surface area contributed by atoms with Crippen molar-refractivity contribution in [1.82, 2.24) is 5.32 Å². The molecule has 0 aromatic heterocycles. The summed E-state index contributed by atoms with van der Waals surface area (Å²) in [5.74, 6) is 0. The van der Waals surface area contributed by atoms with Gasteiger partial charge >= 0.3 is 0 Å². The van der Waals surface area contributed by atoms with Crippen molar-refractivity contribution in [3.63, 3.8) is 0 Å². The van der Waals surface area contributed by atoms with E-state index in [4.69, 9.17) is 0 Å². The number of aryl methyl sites for hydroxylation is 1. The molecule has 1 atom stereocenters. The van der Waals surface area contributed by atoms with E-state index in [2.05, 4.69) is 65.1 Å². The lowest BCUT2D eigenvalue weighted by Crippen LogP contribution is -2.63. The van der Waals surface area contributed by atoms with E-state index in [0.717, 1.165) is 17.6 Å². The molecule has 100 valence electrons. The van der Waals surface area contributed by atoms with E-state index < -0.39 is 0 Å². The molecule has 0 spiro atoms. The number of halogens is 1. The highest BCUT2D eigenvalue weighted by Crippen LogP contribution is 2.31. The monoisotopic (exact) mass is 312 g/mol. The van der Waals surface area contributed by atoms with E-state index in [1.54, 1.807) is 0 Å².